The molecule has 1 N–H and O–H groups in total. The lowest BCUT2D eigenvalue weighted by atomic mass is 10.2. The molecule has 0 amide bonds. The molecule has 92 valence electrons. The topological polar surface area (TPSA) is 53.4 Å². The Bertz CT molecular complexity index is 437. The number of aromatic nitrogens is 1. The summed E-state index contributed by atoms with van der Waals surface area (Å²) in [7, 11) is 0. The first kappa shape index (κ1) is 12.2. The van der Waals surface area contributed by atoms with E-state index in [0.29, 0.717) is 6.04 Å². The van der Waals surface area contributed by atoms with Crippen molar-refractivity contribution in [3.8, 4) is 0 Å². The van der Waals surface area contributed by atoms with Crippen molar-refractivity contribution in [3.63, 3.8) is 0 Å². The number of carboxylic acids is 1. The van der Waals surface area contributed by atoms with Crippen LogP contribution in [0.5, 0.6) is 0 Å². The smallest absolute Gasteiger partial charge is 0.356 e. The minimum absolute atomic E-state index is 0.0640. The van der Waals surface area contributed by atoms with E-state index in [0.717, 1.165) is 31.6 Å². The number of nitrogens with zero attached hydrogens (tertiary/aromatic N) is 2. The van der Waals surface area contributed by atoms with E-state index in [4.69, 9.17) is 16.7 Å². The van der Waals surface area contributed by atoms with Gasteiger partial charge in [-0.3, -0.25) is 0 Å². The van der Waals surface area contributed by atoms with Crippen LogP contribution >= 0.6 is 11.6 Å². The molecule has 1 aromatic heterocycles. The van der Waals surface area contributed by atoms with Gasteiger partial charge in [0.2, 0.25) is 0 Å². The highest BCUT2D eigenvalue weighted by Crippen LogP contribution is 2.27. The van der Waals surface area contributed by atoms with E-state index in [-0.39, 0.29) is 10.7 Å². The van der Waals surface area contributed by atoms with Crippen LogP contribution in [0.3, 0.4) is 0 Å². The standard InChI is InChI=1S/C12H15ClN2O2/c1-2-8-4-3-7-15(8)10-6-5-9(13)11(14-10)12(16)17/h5-6,8H,2-4,7H2,1H3,(H,16,17). The van der Waals surface area contributed by atoms with Crippen molar-refractivity contribution in [1.82, 2.24) is 4.98 Å². The molecule has 1 aliphatic heterocycles. The van der Waals surface area contributed by atoms with Crippen molar-refractivity contribution in [2.75, 3.05) is 11.4 Å². The number of rotatable bonds is 3. The maximum atomic E-state index is 11.0. The average Bonchev–Trinajstić information content (AvgIpc) is 2.77. The zero-order valence-corrected chi connectivity index (χ0v) is 10.4. The van der Waals surface area contributed by atoms with Gasteiger partial charge in [0.05, 0.1) is 5.02 Å². The first-order valence-corrected chi connectivity index (χ1v) is 6.17. The normalized spacial score (nSPS) is 19.6. The van der Waals surface area contributed by atoms with Gasteiger partial charge in [0, 0.05) is 12.6 Å². The number of hydrogen-bond acceptors (Lipinski definition) is 3. The van der Waals surface area contributed by atoms with Crippen molar-refractivity contribution in [1.29, 1.82) is 0 Å². The summed E-state index contributed by atoms with van der Waals surface area (Å²) in [5.74, 6) is -0.361. The fraction of sp³-hybridized carbons (Fsp3) is 0.500. The van der Waals surface area contributed by atoms with Gasteiger partial charge in [-0.1, -0.05) is 18.5 Å². The second-order valence-corrected chi connectivity index (χ2v) is 4.61. The van der Waals surface area contributed by atoms with E-state index in [9.17, 15) is 4.79 Å². The second kappa shape index (κ2) is 4.92. The molecule has 1 atom stereocenters. The van der Waals surface area contributed by atoms with Crippen LogP contribution in [-0.2, 0) is 0 Å². The van der Waals surface area contributed by atoms with Crippen molar-refractivity contribution >= 4 is 23.4 Å². The maximum Gasteiger partial charge on any atom is 0.356 e. The molecule has 0 aromatic carbocycles. The molecular weight excluding hydrogens is 240 g/mol. The quantitative estimate of drug-likeness (QED) is 0.901. The molecule has 2 heterocycles. The zero-order chi connectivity index (χ0) is 12.4. The number of carbonyl (C=O) groups is 1. The van der Waals surface area contributed by atoms with Crippen molar-refractivity contribution in [3.05, 3.63) is 22.8 Å². The van der Waals surface area contributed by atoms with Crippen LogP contribution in [-0.4, -0.2) is 28.6 Å². The van der Waals surface area contributed by atoms with Gasteiger partial charge in [-0.2, -0.15) is 0 Å². The van der Waals surface area contributed by atoms with Crippen molar-refractivity contribution < 1.29 is 9.90 Å². The zero-order valence-electron chi connectivity index (χ0n) is 9.69. The number of anilines is 1. The lowest BCUT2D eigenvalue weighted by Gasteiger charge is -2.24. The van der Waals surface area contributed by atoms with E-state index < -0.39 is 5.97 Å². The molecule has 5 heteroatoms. The number of carboxylic acid groups (broad SMARTS) is 1. The highest BCUT2D eigenvalue weighted by atomic mass is 35.5. The lowest BCUT2D eigenvalue weighted by molar-refractivity contribution is 0.0691. The molecule has 0 radical (unpaired) electrons. The molecule has 1 unspecified atom stereocenters. The van der Waals surface area contributed by atoms with Crippen LogP contribution in [0.1, 0.15) is 36.7 Å². The van der Waals surface area contributed by atoms with Gasteiger partial charge in [0.1, 0.15) is 5.82 Å². The number of aromatic carboxylic acids is 1. The number of pyridine rings is 1. The highest BCUT2D eigenvalue weighted by molar-refractivity contribution is 6.33. The third kappa shape index (κ3) is 2.36. The Morgan fingerprint density at radius 1 is 1.65 bits per heavy atom. The SMILES string of the molecule is CCC1CCCN1c1ccc(Cl)c(C(=O)O)n1. The van der Waals surface area contributed by atoms with E-state index in [2.05, 4.69) is 16.8 Å². The van der Waals surface area contributed by atoms with E-state index >= 15 is 0 Å². The van der Waals surface area contributed by atoms with Gasteiger partial charge in [-0.05, 0) is 31.4 Å². The maximum absolute atomic E-state index is 11.0. The Kier molecular flexibility index (Phi) is 3.52. The third-order valence-electron chi connectivity index (χ3n) is 3.18. The Labute approximate surface area is 105 Å². The Hall–Kier alpha value is -1.29. The fourth-order valence-electron chi connectivity index (χ4n) is 2.30. The van der Waals surface area contributed by atoms with Crippen LogP contribution in [0.15, 0.2) is 12.1 Å². The van der Waals surface area contributed by atoms with Crippen LogP contribution in [0.4, 0.5) is 5.82 Å². The van der Waals surface area contributed by atoms with Crippen LogP contribution < -0.4 is 4.90 Å². The molecule has 1 saturated heterocycles. The summed E-state index contributed by atoms with van der Waals surface area (Å²) in [4.78, 5) is 17.3. The Morgan fingerprint density at radius 3 is 3.06 bits per heavy atom. The minimum Gasteiger partial charge on any atom is -0.476 e. The van der Waals surface area contributed by atoms with Gasteiger partial charge in [-0.15, -0.1) is 0 Å². The number of hydrogen-bond donors (Lipinski definition) is 1. The highest BCUT2D eigenvalue weighted by Gasteiger charge is 2.25. The Balaban J connectivity index is 2.33. The van der Waals surface area contributed by atoms with Gasteiger partial charge < -0.3 is 10.0 Å². The van der Waals surface area contributed by atoms with E-state index in [1.807, 2.05) is 0 Å². The second-order valence-electron chi connectivity index (χ2n) is 4.20. The summed E-state index contributed by atoms with van der Waals surface area (Å²) in [5, 5.41) is 9.18. The fourth-order valence-corrected chi connectivity index (χ4v) is 2.49. The largest absolute Gasteiger partial charge is 0.476 e. The molecule has 1 aliphatic rings. The summed E-state index contributed by atoms with van der Waals surface area (Å²) in [6.07, 6.45) is 3.32. The summed E-state index contributed by atoms with van der Waals surface area (Å²) in [6.45, 7) is 3.07. The first-order valence-electron chi connectivity index (χ1n) is 5.80. The monoisotopic (exact) mass is 254 g/mol. The summed E-state index contributed by atoms with van der Waals surface area (Å²) in [5.41, 5.74) is -0.0640. The van der Waals surface area contributed by atoms with Crippen LogP contribution in [0.25, 0.3) is 0 Å². The molecule has 17 heavy (non-hydrogen) atoms. The molecule has 0 aliphatic carbocycles. The molecule has 1 aromatic rings. The lowest BCUT2D eigenvalue weighted by Crippen LogP contribution is -2.29. The van der Waals surface area contributed by atoms with Gasteiger partial charge in [-0.25, -0.2) is 9.78 Å². The molecule has 4 nitrogen and oxygen atoms in total. The summed E-state index contributed by atoms with van der Waals surface area (Å²) in [6, 6.07) is 3.87. The van der Waals surface area contributed by atoms with Crippen molar-refractivity contribution in [2.24, 2.45) is 0 Å². The molecule has 2 rings (SSSR count). The Morgan fingerprint density at radius 2 is 2.41 bits per heavy atom. The van der Waals surface area contributed by atoms with Gasteiger partial charge >= 0.3 is 5.97 Å². The van der Waals surface area contributed by atoms with Gasteiger partial charge in [0.15, 0.2) is 5.69 Å². The third-order valence-corrected chi connectivity index (χ3v) is 3.48. The van der Waals surface area contributed by atoms with Gasteiger partial charge in [0.25, 0.3) is 0 Å². The molecule has 0 spiro atoms. The van der Waals surface area contributed by atoms with E-state index in [1.165, 1.54) is 0 Å². The molecule has 0 bridgehead atoms. The first-order chi connectivity index (χ1) is 8.13. The van der Waals surface area contributed by atoms with E-state index in [1.54, 1.807) is 12.1 Å². The summed E-state index contributed by atoms with van der Waals surface area (Å²) < 4.78 is 0. The molecule has 0 saturated carbocycles. The average molecular weight is 255 g/mol. The predicted molar refractivity (Wildman–Crippen MR) is 66.9 cm³/mol. The van der Waals surface area contributed by atoms with Crippen LogP contribution in [0, 0.1) is 0 Å². The summed E-state index contributed by atoms with van der Waals surface area (Å²) >= 11 is 5.81. The van der Waals surface area contributed by atoms with Crippen molar-refractivity contribution in [2.45, 2.75) is 32.2 Å². The predicted octanol–water partition coefficient (Wildman–Crippen LogP) is 2.81. The number of halogens is 1. The molecular formula is C12H15ClN2O2. The molecule has 1 fully saturated rings. The van der Waals surface area contributed by atoms with Crippen LogP contribution in [0.2, 0.25) is 5.02 Å². The minimum atomic E-state index is -1.08.